The summed E-state index contributed by atoms with van der Waals surface area (Å²) in [5.41, 5.74) is 0.437. The number of nitrogens with zero attached hydrogens (tertiary/aromatic N) is 3. The number of hydrogen-bond donors (Lipinski definition) is 1. The summed E-state index contributed by atoms with van der Waals surface area (Å²) < 4.78 is 2.00. The van der Waals surface area contributed by atoms with Crippen LogP contribution >= 0.6 is 0 Å². The van der Waals surface area contributed by atoms with E-state index in [9.17, 15) is 9.59 Å². The average molecular weight is 304 g/mol. The monoisotopic (exact) mass is 304 g/mol. The largest absolute Gasteiger partial charge is 0.348 e. The quantitative estimate of drug-likeness (QED) is 0.921. The molecule has 6 nitrogen and oxygen atoms in total. The number of aromatic nitrogens is 2. The first kappa shape index (κ1) is 15.1. The highest BCUT2D eigenvalue weighted by Gasteiger charge is 2.33. The zero-order chi connectivity index (χ0) is 15.9. The summed E-state index contributed by atoms with van der Waals surface area (Å²) in [7, 11) is 0. The minimum absolute atomic E-state index is 0.0689. The predicted molar refractivity (Wildman–Crippen MR) is 82.3 cm³/mol. The summed E-state index contributed by atoms with van der Waals surface area (Å²) in [5, 5.41) is 2.86. The first-order valence-corrected chi connectivity index (χ1v) is 8.13. The Balaban J connectivity index is 1.74. The Hall–Kier alpha value is -1.85. The highest BCUT2D eigenvalue weighted by Crippen LogP contribution is 2.34. The van der Waals surface area contributed by atoms with Crippen molar-refractivity contribution in [3.63, 3.8) is 0 Å². The van der Waals surface area contributed by atoms with Gasteiger partial charge in [0.25, 0.3) is 5.91 Å². The van der Waals surface area contributed by atoms with Crippen LogP contribution in [0.15, 0.2) is 6.20 Å². The molecule has 0 aromatic carbocycles. The molecule has 1 atom stereocenters. The fourth-order valence-electron chi connectivity index (χ4n) is 2.96. The Morgan fingerprint density at radius 1 is 1.36 bits per heavy atom. The molecule has 2 aliphatic rings. The smallest absolute Gasteiger partial charge is 0.271 e. The lowest BCUT2D eigenvalue weighted by Crippen LogP contribution is -2.41. The van der Waals surface area contributed by atoms with Gasteiger partial charge in [-0.25, -0.2) is 4.98 Å². The lowest BCUT2D eigenvalue weighted by Gasteiger charge is -2.33. The molecule has 1 aliphatic heterocycles. The van der Waals surface area contributed by atoms with E-state index < -0.39 is 0 Å². The second-order valence-electron chi connectivity index (χ2n) is 6.72. The van der Waals surface area contributed by atoms with Crippen LogP contribution in [0.1, 0.15) is 62.4 Å². The molecule has 120 valence electrons. The van der Waals surface area contributed by atoms with Gasteiger partial charge in [-0.1, -0.05) is 0 Å². The molecule has 22 heavy (non-hydrogen) atoms. The maximum Gasteiger partial charge on any atom is 0.271 e. The summed E-state index contributed by atoms with van der Waals surface area (Å²) >= 11 is 0. The third kappa shape index (κ3) is 3.00. The molecule has 0 radical (unpaired) electrons. The van der Waals surface area contributed by atoms with Gasteiger partial charge in [0.15, 0.2) is 0 Å². The molecule has 0 spiro atoms. The van der Waals surface area contributed by atoms with E-state index in [2.05, 4.69) is 10.3 Å². The van der Waals surface area contributed by atoms with Crippen molar-refractivity contribution >= 4 is 11.8 Å². The molecule has 2 heterocycles. The summed E-state index contributed by atoms with van der Waals surface area (Å²) in [4.78, 5) is 30.8. The number of amides is 2. The minimum atomic E-state index is -0.153. The van der Waals surface area contributed by atoms with Crippen molar-refractivity contribution in [1.82, 2.24) is 19.8 Å². The van der Waals surface area contributed by atoms with Crippen LogP contribution in [0.4, 0.5) is 0 Å². The minimum Gasteiger partial charge on any atom is -0.348 e. The van der Waals surface area contributed by atoms with Gasteiger partial charge in [0, 0.05) is 31.7 Å². The zero-order valence-corrected chi connectivity index (χ0v) is 13.5. The van der Waals surface area contributed by atoms with E-state index in [0.29, 0.717) is 31.1 Å². The Morgan fingerprint density at radius 3 is 2.73 bits per heavy atom. The third-order valence-corrected chi connectivity index (χ3v) is 4.36. The standard InChI is InChI=1S/C16H24N4O2/c1-10(2)17-16(22)13-9-19-6-7-20(11(3)15(19)18-13)14(21)8-12-4-5-12/h9-12H,4-8H2,1-3H3,(H,17,22)/t11-/m1/s1. The number of nitrogens with one attached hydrogen (secondary N) is 1. The van der Waals surface area contributed by atoms with Crippen LogP contribution in [-0.2, 0) is 11.3 Å². The molecule has 1 N–H and O–H groups in total. The fourth-order valence-corrected chi connectivity index (χ4v) is 2.96. The van der Waals surface area contributed by atoms with E-state index in [-0.39, 0.29) is 23.9 Å². The topological polar surface area (TPSA) is 67.2 Å². The second kappa shape index (κ2) is 5.74. The van der Waals surface area contributed by atoms with Crippen LogP contribution in [-0.4, -0.2) is 38.9 Å². The van der Waals surface area contributed by atoms with Gasteiger partial charge in [-0.05, 0) is 39.5 Å². The second-order valence-corrected chi connectivity index (χ2v) is 6.72. The zero-order valence-electron chi connectivity index (χ0n) is 13.5. The van der Waals surface area contributed by atoms with Crippen molar-refractivity contribution in [2.45, 2.75) is 58.7 Å². The normalized spacial score (nSPS) is 20.9. The van der Waals surface area contributed by atoms with E-state index in [1.807, 2.05) is 30.2 Å². The van der Waals surface area contributed by atoms with Gasteiger partial charge in [-0.15, -0.1) is 0 Å². The van der Waals surface area contributed by atoms with Gasteiger partial charge in [0.1, 0.15) is 11.5 Å². The number of fused-ring (bicyclic) bond motifs is 1. The van der Waals surface area contributed by atoms with Crippen LogP contribution in [0, 0.1) is 5.92 Å². The van der Waals surface area contributed by atoms with Crippen LogP contribution < -0.4 is 5.32 Å². The number of rotatable bonds is 4. The SMILES string of the molecule is CC(C)NC(=O)c1cn2c(n1)[C@@H](C)N(C(=O)CC1CC1)CC2. The molecule has 1 aliphatic carbocycles. The summed E-state index contributed by atoms with van der Waals surface area (Å²) in [6, 6.07) is 0.0147. The van der Waals surface area contributed by atoms with Gasteiger partial charge >= 0.3 is 0 Å². The lowest BCUT2D eigenvalue weighted by atomic mass is 10.1. The number of hydrogen-bond acceptors (Lipinski definition) is 3. The molecule has 0 saturated heterocycles. The van der Waals surface area contributed by atoms with E-state index in [1.54, 1.807) is 6.20 Å². The van der Waals surface area contributed by atoms with E-state index in [4.69, 9.17) is 0 Å². The van der Waals surface area contributed by atoms with Crippen molar-refractivity contribution < 1.29 is 9.59 Å². The van der Waals surface area contributed by atoms with Crippen LogP contribution in [0.5, 0.6) is 0 Å². The van der Waals surface area contributed by atoms with E-state index in [0.717, 1.165) is 5.82 Å². The van der Waals surface area contributed by atoms with Crippen LogP contribution in [0.25, 0.3) is 0 Å². The molecule has 3 rings (SSSR count). The number of imidazole rings is 1. The highest BCUT2D eigenvalue weighted by molar-refractivity contribution is 5.92. The summed E-state index contributed by atoms with van der Waals surface area (Å²) in [6.07, 6.45) is 4.82. The molecular formula is C16H24N4O2. The van der Waals surface area contributed by atoms with Gasteiger partial charge in [-0.3, -0.25) is 9.59 Å². The Kier molecular flexibility index (Phi) is 3.93. The van der Waals surface area contributed by atoms with Crippen LogP contribution in [0.2, 0.25) is 0 Å². The molecule has 0 unspecified atom stereocenters. The Labute approximate surface area is 130 Å². The van der Waals surface area contributed by atoms with Crippen molar-refractivity contribution in [2.75, 3.05) is 6.54 Å². The molecular weight excluding hydrogens is 280 g/mol. The van der Waals surface area contributed by atoms with Gasteiger partial charge < -0.3 is 14.8 Å². The highest BCUT2D eigenvalue weighted by atomic mass is 16.2. The summed E-state index contributed by atoms with van der Waals surface area (Å²) in [6.45, 7) is 7.25. The average Bonchev–Trinajstić information content (AvgIpc) is 3.13. The van der Waals surface area contributed by atoms with Crippen LogP contribution in [0.3, 0.4) is 0 Å². The fraction of sp³-hybridized carbons (Fsp3) is 0.688. The van der Waals surface area contributed by atoms with Crippen molar-refractivity contribution in [2.24, 2.45) is 5.92 Å². The van der Waals surface area contributed by atoms with Crippen molar-refractivity contribution in [3.8, 4) is 0 Å². The van der Waals surface area contributed by atoms with Crippen molar-refractivity contribution in [1.29, 1.82) is 0 Å². The lowest BCUT2D eigenvalue weighted by molar-refractivity contribution is -0.134. The first-order chi connectivity index (χ1) is 10.5. The van der Waals surface area contributed by atoms with Gasteiger partial charge in [-0.2, -0.15) is 0 Å². The molecule has 0 bridgehead atoms. The number of carbonyl (C=O) groups excluding carboxylic acids is 2. The maximum atomic E-state index is 12.4. The molecule has 1 aromatic heterocycles. The molecule has 6 heteroatoms. The maximum absolute atomic E-state index is 12.4. The van der Waals surface area contributed by atoms with Gasteiger partial charge in [0.05, 0.1) is 6.04 Å². The predicted octanol–water partition coefficient (Wildman–Crippen LogP) is 1.72. The Bertz CT molecular complexity index is 589. The van der Waals surface area contributed by atoms with E-state index >= 15 is 0 Å². The van der Waals surface area contributed by atoms with Crippen molar-refractivity contribution in [3.05, 3.63) is 17.7 Å². The molecule has 1 fully saturated rings. The molecule has 1 aromatic rings. The Morgan fingerprint density at radius 2 is 2.09 bits per heavy atom. The molecule has 2 amide bonds. The van der Waals surface area contributed by atoms with Gasteiger partial charge in [0.2, 0.25) is 5.91 Å². The summed E-state index contributed by atoms with van der Waals surface area (Å²) in [5.74, 6) is 1.47. The third-order valence-electron chi connectivity index (χ3n) is 4.36. The molecule has 1 saturated carbocycles. The first-order valence-electron chi connectivity index (χ1n) is 8.13. The van der Waals surface area contributed by atoms with E-state index in [1.165, 1.54) is 12.8 Å². The number of carbonyl (C=O) groups is 2.